The van der Waals surface area contributed by atoms with Crippen molar-refractivity contribution in [2.45, 2.75) is 43.9 Å². The summed E-state index contributed by atoms with van der Waals surface area (Å²) in [6.45, 7) is 0. The molecule has 0 amide bonds. The van der Waals surface area contributed by atoms with Gasteiger partial charge in [-0.1, -0.05) is 0 Å². The summed E-state index contributed by atoms with van der Waals surface area (Å²) in [5, 5.41) is 12.4. The van der Waals surface area contributed by atoms with Crippen LogP contribution in [0.2, 0.25) is 0 Å². The number of aliphatic hydroxyl groups excluding tert-OH is 1. The lowest BCUT2D eigenvalue weighted by molar-refractivity contribution is 0.125. The van der Waals surface area contributed by atoms with E-state index in [1.165, 1.54) is 0 Å². The quantitative estimate of drug-likeness (QED) is 0.861. The van der Waals surface area contributed by atoms with Crippen molar-refractivity contribution in [1.29, 1.82) is 0 Å². The molecule has 1 aromatic rings. The molecule has 2 aliphatic rings. The molecule has 2 bridgehead atoms. The number of hydrogen-bond donors (Lipinski definition) is 2. The Morgan fingerprint density at radius 2 is 1.89 bits per heavy atom. The van der Waals surface area contributed by atoms with E-state index in [4.69, 9.17) is 0 Å². The van der Waals surface area contributed by atoms with Gasteiger partial charge in [0.25, 0.3) is 0 Å². The number of anilines is 2. The van der Waals surface area contributed by atoms with Gasteiger partial charge in [0.2, 0.25) is 0 Å². The highest BCUT2D eigenvalue weighted by Crippen LogP contribution is 2.40. The Labute approximate surface area is 110 Å². The third-order valence-corrected chi connectivity index (χ3v) is 4.10. The van der Waals surface area contributed by atoms with Crippen LogP contribution in [-0.4, -0.2) is 35.3 Å². The molecule has 2 N–H and O–H groups in total. The highest BCUT2D eigenvalue weighted by atomic mass is 19.1. The minimum Gasteiger partial charge on any atom is -0.393 e. The van der Waals surface area contributed by atoms with Gasteiger partial charge in [-0.05, 0) is 25.7 Å². The Morgan fingerprint density at radius 3 is 2.47 bits per heavy atom. The largest absolute Gasteiger partial charge is 0.393 e. The summed E-state index contributed by atoms with van der Waals surface area (Å²) in [6.07, 6.45) is 2.79. The lowest BCUT2D eigenvalue weighted by Gasteiger charge is -2.38. The Morgan fingerprint density at radius 1 is 1.26 bits per heavy atom. The number of fused-ring (bicyclic) bond motifs is 2. The molecular formula is C13H17F2N3O. The maximum atomic E-state index is 14.0. The van der Waals surface area contributed by atoms with E-state index in [9.17, 15) is 13.9 Å². The van der Waals surface area contributed by atoms with Crippen LogP contribution in [0.15, 0.2) is 6.07 Å². The zero-order valence-electron chi connectivity index (χ0n) is 10.7. The molecule has 19 heavy (non-hydrogen) atoms. The van der Waals surface area contributed by atoms with Crippen LogP contribution in [0.4, 0.5) is 20.4 Å². The topological polar surface area (TPSA) is 48.4 Å². The molecule has 2 aliphatic heterocycles. The van der Waals surface area contributed by atoms with E-state index in [0.29, 0.717) is 12.8 Å². The first kappa shape index (κ1) is 12.6. The predicted octanol–water partition coefficient (Wildman–Crippen LogP) is 1.89. The summed E-state index contributed by atoms with van der Waals surface area (Å²) >= 11 is 0. The number of aliphatic hydroxyl groups is 1. The van der Waals surface area contributed by atoms with Crippen LogP contribution in [0.25, 0.3) is 0 Å². The van der Waals surface area contributed by atoms with Crippen LogP contribution >= 0.6 is 0 Å². The van der Waals surface area contributed by atoms with Gasteiger partial charge in [0.05, 0.1) is 6.10 Å². The van der Waals surface area contributed by atoms with Crippen LogP contribution in [0.1, 0.15) is 25.7 Å². The summed E-state index contributed by atoms with van der Waals surface area (Å²) in [5.74, 6) is -1.06. The third-order valence-electron chi connectivity index (χ3n) is 4.10. The Balaban J connectivity index is 1.99. The van der Waals surface area contributed by atoms with Crippen LogP contribution in [0.3, 0.4) is 0 Å². The van der Waals surface area contributed by atoms with Crippen molar-refractivity contribution >= 4 is 11.6 Å². The zero-order chi connectivity index (χ0) is 13.6. The second-order valence-corrected chi connectivity index (χ2v) is 5.29. The van der Waals surface area contributed by atoms with Crippen LogP contribution < -0.4 is 10.2 Å². The fraction of sp³-hybridized carbons (Fsp3) is 0.615. The van der Waals surface area contributed by atoms with E-state index in [-0.39, 0.29) is 29.8 Å². The number of nitrogens with zero attached hydrogens (tertiary/aromatic N) is 2. The first-order valence-corrected chi connectivity index (χ1v) is 6.60. The second-order valence-electron chi connectivity index (χ2n) is 5.29. The number of rotatable bonds is 2. The normalized spacial score (nSPS) is 29.7. The lowest BCUT2D eigenvalue weighted by atomic mass is 10.00. The van der Waals surface area contributed by atoms with Crippen molar-refractivity contribution < 1.29 is 13.9 Å². The summed E-state index contributed by atoms with van der Waals surface area (Å²) in [7, 11) is 1.56. The van der Waals surface area contributed by atoms with Gasteiger partial charge < -0.3 is 15.3 Å². The van der Waals surface area contributed by atoms with Crippen LogP contribution in [0.5, 0.6) is 0 Å². The van der Waals surface area contributed by atoms with E-state index in [1.54, 1.807) is 7.05 Å². The SMILES string of the molecule is CNc1nc(N2C3CCC2CC(O)C3)c(F)cc1F. The molecule has 0 aliphatic carbocycles. The van der Waals surface area contributed by atoms with Gasteiger partial charge in [-0.25, -0.2) is 13.8 Å². The molecule has 0 aromatic carbocycles. The molecular weight excluding hydrogens is 252 g/mol. The number of hydrogen-bond acceptors (Lipinski definition) is 4. The number of aromatic nitrogens is 1. The molecule has 4 nitrogen and oxygen atoms in total. The molecule has 2 unspecified atom stereocenters. The molecule has 3 heterocycles. The Bertz CT molecular complexity index is 483. The van der Waals surface area contributed by atoms with E-state index in [2.05, 4.69) is 10.3 Å². The lowest BCUT2D eigenvalue weighted by Crippen LogP contribution is -2.45. The number of halogens is 2. The van der Waals surface area contributed by atoms with Crippen LogP contribution in [0, 0.1) is 11.6 Å². The minimum absolute atomic E-state index is 0.0573. The van der Waals surface area contributed by atoms with Crippen molar-refractivity contribution in [3.63, 3.8) is 0 Å². The monoisotopic (exact) mass is 269 g/mol. The van der Waals surface area contributed by atoms with Gasteiger partial charge in [-0.3, -0.25) is 0 Å². The molecule has 0 radical (unpaired) electrons. The fourth-order valence-corrected chi connectivity index (χ4v) is 3.31. The molecule has 0 spiro atoms. The van der Waals surface area contributed by atoms with Crippen molar-refractivity contribution in [2.75, 3.05) is 17.3 Å². The zero-order valence-corrected chi connectivity index (χ0v) is 10.7. The van der Waals surface area contributed by atoms with Crippen molar-refractivity contribution in [3.8, 4) is 0 Å². The van der Waals surface area contributed by atoms with Crippen LogP contribution in [-0.2, 0) is 0 Å². The minimum atomic E-state index is -0.687. The van der Waals surface area contributed by atoms with Gasteiger partial charge in [-0.2, -0.15) is 0 Å². The molecule has 2 atom stereocenters. The molecule has 6 heteroatoms. The molecule has 0 saturated carbocycles. The van der Waals surface area contributed by atoms with Crippen molar-refractivity contribution in [1.82, 2.24) is 4.98 Å². The smallest absolute Gasteiger partial charge is 0.168 e. The molecule has 104 valence electrons. The average Bonchev–Trinajstić information content (AvgIpc) is 2.63. The summed E-state index contributed by atoms with van der Waals surface area (Å²) in [4.78, 5) is 5.98. The molecule has 2 saturated heterocycles. The fourth-order valence-electron chi connectivity index (χ4n) is 3.31. The Hall–Kier alpha value is -1.43. The number of nitrogens with one attached hydrogen (secondary N) is 1. The standard InChI is InChI=1S/C13H17F2N3O/c1-16-12-10(14)6-11(15)13(17-12)18-7-2-3-8(18)5-9(19)4-7/h6-9,19H,2-5H2,1H3,(H,16,17). The first-order chi connectivity index (χ1) is 9.10. The first-order valence-electron chi connectivity index (χ1n) is 6.60. The van der Waals surface area contributed by atoms with E-state index in [0.717, 1.165) is 18.9 Å². The molecule has 2 fully saturated rings. The number of pyridine rings is 1. The highest BCUT2D eigenvalue weighted by Gasteiger charge is 2.42. The summed E-state index contributed by atoms with van der Waals surface area (Å²) in [5.41, 5.74) is 0. The van der Waals surface area contributed by atoms with Gasteiger partial charge in [0.1, 0.15) is 0 Å². The van der Waals surface area contributed by atoms with Gasteiger partial charge in [0, 0.05) is 25.2 Å². The van der Waals surface area contributed by atoms with Crippen molar-refractivity contribution in [2.24, 2.45) is 0 Å². The van der Waals surface area contributed by atoms with E-state index in [1.807, 2.05) is 4.90 Å². The van der Waals surface area contributed by atoms with Gasteiger partial charge in [0.15, 0.2) is 23.3 Å². The molecule has 1 aromatic heterocycles. The maximum absolute atomic E-state index is 14.0. The Kier molecular flexibility index (Phi) is 3.05. The van der Waals surface area contributed by atoms with E-state index < -0.39 is 11.6 Å². The van der Waals surface area contributed by atoms with Gasteiger partial charge in [-0.15, -0.1) is 0 Å². The average molecular weight is 269 g/mol. The molecule has 3 rings (SSSR count). The predicted molar refractivity (Wildman–Crippen MR) is 68.2 cm³/mol. The van der Waals surface area contributed by atoms with E-state index >= 15 is 0 Å². The highest BCUT2D eigenvalue weighted by molar-refractivity contribution is 5.51. The number of piperidine rings is 1. The second kappa shape index (κ2) is 4.59. The van der Waals surface area contributed by atoms with Gasteiger partial charge >= 0.3 is 0 Å². The summed E-state index contributed by atoms with van der Waals surface area (Å²) < 4.78 is 27.4. The van der Waals surface area contributed by atoms with Crippen molar-refractivity contribution in [3.05, 3.63) is 17.7 Å². The summed E-state index contributed by atoms with van der Waals surface area (Å²) in [6, 6.07) is 1.08. The maximum Gasteiger partial charge on any atom is 0.168 e. The third kappa shape index (κ3) is 2.04.